The van der Waals surface area contributed by atoms with Gasteiger partial charge in [0.25, 0.3) is 5.91 Å². The van der Waals surface area contributed by atoms with Crippen LogP contribution >= 0.6 is 0 Å². The van der Waals surface area contributed by atoms with Crippen LogP contribution in [-0.2, 0) is 6.42 Å². The molecule has 2 heterocycles. The van der Waals surface area contributed by atoms with Crippen LogP contribution in [0.15, 0.2) is 53.5 Å². The first kappa shape index (κ1) is 13.7. The number of halogens is 1. The van der Waals surface area contributed by atoms with Crippen LogP contribution in [0.3, 0.4) is 0 Å². The van der Waals surface area contributed by atoms with Crippen LogP contribution in [-0.4, -0.2) is 17.4 Å². The van der Waals surface area contributed by atoms with Gasteiger partial charge in [-0.25, -0.2) is 4.39 Å². The van der Waals surface area contributed by atoms with E-state index in [0.29, 0.717) is 6.54 Å². The third-order valence-corrected chi connectivity index (χ3v) is 4.23. The van der Waals surface area contributed by atoms with E-state index in [1.165, 1.54) is 24.4 Å². The van der Waals surface area contributed by atoms with Gasteiger partial charge in [-0.1, -0.05) is 24.3 Å². The van der Waals surface area contributed by atoms with Crippen molar-refractivity contribution in [2.75, 3.05) is 11.4 Å². The molecule has 5 heteroatoms. The van der Waals surface area contributed by atoms with Gasteiger partial charge in [0.15, 0.2) is 0 Å². The van der Waals surface area contributed by atoms with Crippen molar-refractivity contribution in [3.8, 4) is 0 Å². The minimum absolute atomic E-state index is 0.0276. The summed E-state index contributed by atoms with van der Waals surface area (Å²) in [5.74, 6) is -0.868. The van der Waals surface area contributed by atoms with Crippen LogP contribution < -0.4 is 10.3 Å². The molecule has 4 rings (SSSR count). The number of aromatic nitrogens is 1. The Morgan fingerprint density at radius 1 is 1.13 bits per heavy atom. The third-order valence-electron chi connectivity index (χ3n) is 4.23. The molecule has 0 saturated heterocycles. The smallest absolute Gasteiger partial charge is 0.263 e. The third kappa shape index (κ3) is 2.04. The van der Waals surface area contributed by atoms with Crippen LogP contribution in [0, 0.1) is 5.82 Å². The molecule has 1 amide bonds. The quantitative estimate of drug-likeness (QED) is 0.751. The van der Waals surface area contributed by atoms with Crippen molar-refractivity contribution in [3.63, 3.8) is 0 Å². The number of hydrogen-bond acceptors (Lipinski definition) is 2. The number of aromatic amines is 1. The van der Waals surface area contributed by atoms with Crippen LogP contribution in [0.2, 0.25) is 0 Å². The van der Waals surface area contributed by atoms with Gasteiger partial charge < -0.3 is 9.88 Å². The van der Waals surface area contributed by atoms with Gasteiger partial charge in [-0.3, -0.25) is 9.59 Å². The highest BCUT2D eigenvalue weighted by Crippen LogP contribution is 2.28. The van der Waals surface area contributed by atoms with Crippen LogP contribution in [0.25, 0.3) is 10.9 Å². The van der Waals surface area contributed by atoms with E-state index in [2.05, 4.69) is 4.98 Å². The molecular formula is C18H13FN2O2. The van der Waals surface area contributed by atoms with Gasteiger partial charge >= 0.3 is 0 Å². The summed E-state index contributed by atoms with van der Waals surface area (Å²) in [5, 5.41) is 0.184. The number of para-hydroxylation sites is 2. The molecule has 1 aromatic heterocycles. The molecule has 0 atom stereocenters. The number of anilines is 1. The Bertz CT molecular complexity index is 994. The Balaban J connectivity index is 1.83. The predicted octanol–water partition coefficient (Wildman–Crippen LogP) is 2.87. The van der Waals surface area contributed by atoms with E-state index >= 15 is 0 Å². The molecule has 2 aromatic carbocycles. The number of rotatable bonds is 1. The second kappa shape index (κ2) is 5.05. The lowest BCUT2D eigenvalue weighted by Crippen LogP contribution is -2.33. The average Bonchev–Trinajstić information content (AvgIpc) is 2.99. The second-order valence-electron chi connectivity index (χ2n) is 5.53. The maximum absolute atomic E-state index is 13.7. The van der Waals surface area contributed by atoms with Gasteiger partial charge in [-0.15, -0.1) is 0 Å². The highest BCUT2D eigenvalue weighted by Gasteiger charge is 2.27. The number of carbonyl (C=O) groups is 1. The molecule has 4 nitrogen and oxygen atoms in total. The molecule has 0 radical (unpaired) electrons. The lowest BCUT2D eigenvalue weighted by Gasteiger charge is -2.17. The molecule has 1 N–H and O–H groups in total. The molecular weight excluding hydrogens is 295 g/mol. The minimum atomic E-state index is -0.509. The number of fused-ring (bicyclic) bond motifs is 2. The number of H-pyrrole nitrogens is 1. The van der Waals surface area contributed by atoms with E-state index < -0.39 is 11.2 Å². The fourth-order valence-corrected chi connectivity index (χ4v) is 3.07. The number of amides is 1. The number of benzene rings is 2. The number of pyridine rings is 1. The molecule has 0 bridgehead atoms. The zero-order valence-corrected chi connectivity index (χ0v) is 12.2. The number of nitrogens with one attached hydrogen (secondary N) is 1. The fraction of sp³-hybridized carbons (Fsp3) is 0.111. The lowest BCUT2D eigenvalue weighted by atomic mass is 10.1. The predicted molar refractivity (Wildman–Crippen MR) is 86.3 cm³/mol. The summed E-state index contributed by atoms with van der Waals surface area (Å²) in [6.07, 6.45) is 2.07. The first-order chi connectivity index (χ1) is 11.2. The Morgan fingerprint density at radius 3 is 2.83 bits per heavy atom. The average molecular weight is 308 g/mol. The van der Waals surface area contributed by atoms with Gasteiger partial charge in [0, 0.05) is 23.8 Å². The zero-order valence-electron chi connectivity index (χ0n) is 12.2. The largest absolute Gasteiger partial charge is 0.358 e. The van der Waals surface area contributed by atoms with Gasteiger partial charge in [-0.2, -0.15) is 0 Å². The number of carbonyl (C=O) groups excluding carboxylic acids is 1. The molecule has 0 fully saturated rings. The van der Waals surface area contributed by atoms with Gasteiger partial charge in [0.1, 0.15) is 11.4 Å². The summed E-state index contributed by atoms with van der Waals surface area (Å²) in [6.45, 7) is 0.540. The molecule has 1 aliphatic heterocycles. The van der Waals surface area contributed by atoms with Gasteiger partial charge in [0.2, 0.25) is 5.43 Å². The number of hydrogen-bond donors (Lipinski definition) is 1. The SMILES string of the molecule is O=C(c1c[nH]c2c(F)cccc2c1=O)N1CCc2ccccc21. The fourth-order valence-electron chi connectivity index (χ4n) is 3.07. The maximum atomic E-state index is 13.7. The molecule has 0 aliphatic carbocycles. The van der Waals surface area contributed by atoms with Crippen molar-refractivity contribution in [3.05, 3.63) is 75.8 Å². The maximum Gasteiger partial charge on any atom is 0.263 e. The monoisotopic (exact) mass is 308 g/mol. The molecule has 23 heavy (non-hydrogen) atoms. The van der Waals surface area contributed by atoms with E-state index in [4.69, 9.17) is 0 Å². The lowest BCUT2D eigenvalue weighted by molar-refractivity contribution is 0.0988. The van der Waals surface area contributed by atoms with E-state index in [1.807, 2.05) is 24.3 Å². The van der Waals surface area contributed by atoms with E-state index in [9.17, 15) is 14.0 Å². The van der Waals surface area contributed by atoms with Crippen LogP contribution in [0.4, 0.5) is 10.1 Å². The Kier molecular flexibility index (Phi) is 3.01. The highest BCUT2D eigenvalue weighted by atomic mass is 19.1. The van der Waals surface area contributed by atoms with E-state index in [-0.39, 0.29) is 22.4 Å². The van der Waals surface area contributed by atoms with E-state index in [1.54, 1.807) is 4.90 Å². The molecule has 1 aliphatic rings. The summed E-state index contributed by atoms with van der Waals surface area (Å²) >= 11 is 0. The van der Waals surface area contributed by atoms with Gasteiger partial charge in [0.05, 0.1) is 5.52 Å². The van der Waals surface area contributed by atoms with Crippen molar-refractivity contribution in [1.82, 2.24) is 4.98 Å². The zero-order chi connectivity index (χ0) is 16.0. The molecule has 0 unspecified atom stereocenters. The van der Waals surface area contributed by atoms with Crippen molar-refractivity contribution >= 4 is 22.5 Å². The van der Waals surface area contributed by atoms with Crippen LogP contribution in [0.1, 0.15) is 15.9 Å². The highest BCUT2D eigenvalue weighted by molar-refractivity contribution is 6.08. The Morgan fingerprint density at radius 2 is 1.96 bits per heavy atom. The number of nitrogens with zero attached hydrogens (tertiary/aromatic N) is 1. The first-order valence-electron chi connectivity index (χ1n) is 7.36. The normalized spacial score (nSPS) is 13.3. The summed E-state index contributed by atoms with van der Waals surface area (Å²) in [6, 6.07) is 11.9. The van der Waals surface area contributed by atoms with E-state index in [0.717, 1.165) is 17.7 Å². The standard InChI is InChI=1S/C18H13FN2O2/c19-14-6-3-5-12-16(14)20-10-13(17(12)22)18(23)21-9-8-11-4-1-2-7-15(11)21/h1-7,10H,8-9H2,(H,20,22). The summed E-state index contributed by atoms with van der Waals surface area (Å²) in [5.41, 5.74) is 1.61. The van der Waals surface area contributed by atoms with Crippen molar-refractivity contribution in [2.45, 2.75) is 6.42 Å². The molecule has 3 aromatic rings. The Hall–Kier alpha value is -2.95. The Labute approximate surface area is 131 Å². The van der Waals surface area contributed by atoms with Gasteiger partial charge in [-0.05, 0) is 30.2 Å². The molecule has 114 valence electrons. The first-order valence-corrected chi connectivity index (χ1v) is 7.36. The second-order valence-corrected chi connectivity index (χ2v) is 5.53. The topological polar surface area (TPSA) is 53.2 Å². The molecule has 0 saturated carbocycles. The summed E-state index contributed by atoms with van der Waals surface area (Å²) < 4.78 is 13.7. The van der Waals surface area contributed by atoms with Crippen molar-refractivity contribution < 1.29 is 9.18 Å². The summed E-state index contributed by atoms with van der Waals surface area (Å²) in [4.78, 5) is 29.7. The van der Waals surface area contributed by atoms with Crippen LogP contribution in [0.5, 0.6) is 0 Å². The summed E-state index contributed by atoms with van der Waals surface area (Å²) in [7, 11) is 0. The molecule has 0 spiro atoms. The van der Waals surface area contributed by atoms with Crippen molar-refractivity contribution in [2.24, 2.45) is 0 Å². The minimum Gasteiger partial charge on any atom is -0.358 e. The van der Waals surface area contributed by atoms with Crippen molar-refractivity contribution in [1.29, 1.82) is 0 Å².